The fourth-order valence-electron chi connectivity index (χ4n) is 4.17. The second kappa shape index (κ2) is 8.95. The number of nitrogens with zero attached hydrogens (tertiary/aromatic N) is 3. The molecule has 34 heavy (non-hydrogen) atoms. The van der Waals surface area contributed by atoms with Gasteiger partial charge in [-0.25, -0.2) is 0 Å². The van der Waals surface area contributed by atoms with Crippen molar-refractivity contribution in [3.8, 4) is 17.1 Å². The molecule has 1 N–H and O–H groups in total. The van der Waals surface area contributed by atoms with E-state index in [2.05, 4.69) is 10.3 Å². The molecule has 2 unspecified atom stereocenters. The van der Waals surface area contributed by atoms with Crippen molar-refractivity contribution in [2.45, 2.75) is 12.1 Å². The van der Waals surface area contributed by atoms with E-state index in [0.29, 0.717) is 27.9 Å². The molecule has 0 amide bonds. The molecule has 1 saturated heterocycles. The summed E-state index contributed by atoms with van der Waals surface area (Å²) in [6.45, 7) is 0. The summed E-state index contributed by atoms with van der Waals surface area (Å²) in [5.74, 6) is 1.83. The molecule has 5 rings (SSSR count). The first-order valence-electron chi connectivity index (χ1n) is 10.5. The third-order valence-corrected chi connectivity index (χ3v) is 6.02. The number of anilines is 1. The molecule has 2 aromatic heterocycles. The number of methoxy groups -OCH3 is 1. The molecule has 1 fully saturated rings. The zero-order valence-corrected chi connectivity index (χ0v) is 18.9. The van der Waals surface area contributed by atoms with Crippen LogP contribution in [-0.2, 0) is 0 Å². The summed E-state index contributed by atoms with van der Waals surface area (Å²) in [4.78, 5) is 17.3. The Morgan fingerprint density at radius 1 is 1.09 bits per heavy atom. The van der Waals surface area contributed by atoms with Crippen LogP contribution in [0.3, 0.4) is 0 Å². The van der Waals surface area contributed by atoms with Gasteiger partial charge in [-0.3, -0.25) is 15.1 Å². The number of para-hydroxylation sites is 2. The molecule has 0 aliphatic carbocycles. The number of ether oxygens (including phenoxy) is 1. The number of non-ortho nitro benzene ring substituents is 1. The van der Waals surface area contributed by atoms with Crippen molar-refractivity contribution in [1.29, 1.82) is 0 Å². The quantitative estimate of drug-likeness (QED) is 0.225. The standard InChI is InChI=1S/C25H20N4O4S/c1-32-21-11-3-2-10-19(21)28-24(23(27-25(28)34)18-9-4-5-14-26-18)22-13-12-20(33-22)16-7-6-8-17(15-16)29(30)31/h2-15,23-24H,1H3,(H,27,34). The molecule has 0 saturated carbocycles. The Morgan fingerprint density at radius 2 is 1.91 bits per heavy atom. The van der Waals surface area contributed by atoms with E-state index in [9.17, 15) is 10.1 Å². The van der Waals surface area contributed by atoms with Crippen LogP contribution in [0.15, 0.2) is 89.5 Å². The molecule has 3 heterocycles. The Bertz CT molecular complexity index is 1360. The van der Waals surface area contributed by atoms with Gasteiger partial charge >= 0.3 is 0 Å². The summed E-state index contributed by atoms with van der Waals surface area (Å²) >= 11 is 5.75. The minimum Gasteiger partial charge on any atom is -0.495 e. The monoisotopic (exact) mass is 472 g/mol. The van der Waals surface area contributed by atoms with Crippen LogP contribution in [0.2, 0.25) is 0 Å². The number of rotatable bonds is 6. The van der Waals surface area contributed by atoms with Gasteiger partial charge in [0.1, 0.15) is 23.3 Å². The smallest absolute Gasteiger partial charge is 0.270 e. The van der Waals surface area contributed by atoms with Crippen molar-refractivity contribution in [2.24, 2.45) is 0 Å². The average Bonchev–Trinajstić information content (AvgIpc) is 3.49. The lowest BCUT2D eigenvalue weighted by atomic mass is 10.0. The highest BCUT2D eigenvalue weighted by Gasteiger charge is 2.43. The minimum atomic E-state index is -0.423. The Balaban J connectivity index is 1.61. The molecule has 0 bridgehead atoms. The topological polar surface area (TPSA) is 93.7 Å². The molecule has 1 aliphatic heterocycles. The number of nitro groups is 1. The molecular formula is C25H20N4O4S. The van der Waals surface area contributed by atoms with Crippen LogP contribution >= 0.6 is 12.2 Å². The number of pyridine rings is 1. The van der Waals surface area contributed by atoms with Gasteiger partial charge in [0, 0.05) is 23.9 Å². The van der Waals surface area contributed by atoms with Gasteiger partial charge in [-0.1, -0.05) is 30.3 Å². The first-order valence-corrected chi connectivity index (χ1v) is 11.0. The van der Waals surface area contributed by atoms with Crippen molar-refractivity contribution in [2.75, 3.05) is 12.0 Å². The fraction of sp³-hybridized carbons (Fsp3) is 0.120. The first-order chi connectivity index (χ1) is 16.6. The second-order valence-electron chi connectivity index (χ2n) is 7.68. The molecule has 4 aromatic rings. The normalized spacial score (nSPS) is 17.4. The Labute approximate surface area is 201 Å². The van der Waals surface area contributed by atoms with Gasteiger partial charge in [0.15, 0.2) is 5.11 Å². The largest absolute Gasteiger partial charge is 0.495 e. The predicted octanol–water partition coefficient (Wildman–Crippen LogP) is 5.44. The number of hydrogen-bond acceptors (Lipinski definition) is 6. The van der Waals surface area contributed by atoms with Crippen LogP contribution in [0, 0.1) is 10.1 Å². The van der Waals surface area contributed by atoms with Crippen molar-refractivity contribution in [3.63, 3.8) is 0 Å². The van der Waals surface area contributed by atoms with Crippen LogP contribution in [0.4, 0.5) is 11.4 Å². The van der Waals surface area contributed by atoms with Crippen molar-refractivity contribution < 1.29 is 14.1 Å². The summed E-state index contributed by atoms with van der Waals surface area (Å²) in [5, 5.41) is 15.1. The Morgan fingerprint density at radius 3 is 2.68 bits per heavy atom. The van der Waals surface area contributed by atoms with E-state index in [0.717, 1.165) is 11.4 Å². The zero-order valence-electron chi connectivity index (χ0n) is 18.1. The molecule has 2 aromatic carbocycles. The second-order valence-corrected chi connectivity index (χ2v) is 8.06. The van der Waals surface area contributed by atoms with Crippen LogP contribution in [0.5, 0.6) is 5.75 Å². The molecule has 9 heteroatoms. The van der Waals surface area contributed by atoms with Crippen molar-refractivity contribution >= 4 is 28.7 Å². The van der Waals surface area contributed by atoms with E-state index in [1.165, 1.54) is 12.1 Å². The van der Waals surface area contributed by atoms with Gasteiger partial charge in [0.2, 0.25) is 0 Å². The SMILES string of the molecule is COc1ccccc1N1C(=S)NC(c2ccccn2)C1c1ccc(-c2cccc([N+](=O)[O-])c2)o1. The van der Waals surface area contributed by atoms with Gasteiger partial charge in [0.05, 0.1) is 29.5 Å². The number of hydrogen-bond donors (Lipinski definition) is 1. The highest BCUT2D eigenvalue weighted by molar-refractivity contribution is 7.80. The molecule has 1 aliphatic rings. The van der Waals surface area contributed by atoms with Crippen LogP contribution in [-0.4, -0.2) is 22.1 Å². The number of thiocarbonyl (C=S) groups is 1. The average molecular weight is 473 g/mol. The van der Waals surface area contributed by atoms with E-state index in [-0.39, 0.29) is 17.8 Å². The summed E-state index contributed by atoms with van der Waals surface area (Å²) in [6, 6.07) is 22.7. The molecule has 170 valence electrons. The highest BCUT2D eigenvalue weighted by Crippen LogP contribution is 2.45. The maximum atomic E-state index is 11.2. The van der Waals surface area contributed by atoms with E-state index < -0.39 is 4.92 Å². The maximum Gasteiger partial charge on any atom is 0.270 e. The Kier molecular flexibility index (Phi) is 5.69. The van der Waals surface area contributed by atoms with E-state index in [1.807, 2.05) is 59.5 Å². The Hall–Kier alpha value is -4.24. The number of nitrogens with one attached hydrogen (secondary N) is 1. The first kappa shape index (κ1) is 21.6. The number of aromatic nitrogens is 1. The van der Waals surface area contributed by atoms with Gasteiger partial charge in [0.25, 0.3) is 5.69 Å². The van der Waals surface area contributed by atoms with Crippen LogP contribution in [0.25, 0.3) is 11.3 Å². The number of nitro benzene ring substituents is 1. The predicted molar refractivity (Wildman–Crippen MR) is 132 cm³/mol. The van der Waals surface area contributed by atoms with Gasteiger partial charge in [-0.2, -0.15) is 0 Å². The lowest BCUT2D eigenvalue weighted by Gasteiger charge is -2.27. The molecule has 0 radical (unpaired) electrons. The third-order valence-electron chi connectivity index (χ3n) is 5.70. The van der Waals surface area contributed by atoms with E-state index >= 15 is 0 Å². The highest BCUT2D eigenvalue weighted by atomic mass is 32.1. The van der Waals surface area contributed by atoms with E-state index in [1.54, 1.807) is 25.4 Å². The summed E-state index contributed by atoms with van der Waals surface area (Å²) in [6.07, 6.45) is 1.74. The summed E-state index contributed by atoms with van der Waals surface area (Å²) < 4.78 is 11.9. The molecule has 8 nitrogen and oxygen atoms in total. The lowest BCUT2D eigenvalue weighted by molar-refractivity contribution is -0.384. The number of benzene rings is 2. The number of furan rings is 1. The van der Waals surface area contributed by atoms with E-state index in [4.69, 9.17) is 21.4 Å². The molecule has 0 spiro atoms. The fourth-order valence-corrected chi connectivity index (χ4v) is 4.51. The summed E-state index contributed by atoms with van der Waals surface area (Å²) in [7, 11) is 1.62. The van der Waals surface area contributed by atoms with Crippen molar-refractivity contribution in [3.05, 3.63) is 107 Å². The lowest BCUT2D eigenvalue weighted by Crippen LogP contribution is -2.29. The molecule has 2 atom stereocenters. The van der Waals surface area contributed by atoms with Gasteiger partial charge in [-0.15, -0.1) is 0 Å². The zero-order chi connectivity index (χ0) is 23.7. The van der Waals surface area contributed by atoms with Gasteiger partial charge < -0.3 is 19.4 Å². The maximum absolute atomic E-state index is 11.2. The summed E-state index contributed by atoms with van der Waals surface area (Å²) in [5.41, 5.74) is 2.22. The third kappa shape index (κ3) is 3.86. The molecular weight excluding hydrogens is 452 g/mol. The van der Waals surface area contributed by atoms with Crippen LogP contribution in [0.1, 0.15) is 23.5 Å². The van der Waals surface area contributed by atoms with Crippen molar-refractivity contribution in [1.82, 2.24) is 10.3 Å². The van der Waals surface area contributed by atoms with Crippen LogP contribution < -0.4 is 15.0 Å². The van der Waals surface area contributed by atoms with Gasteiger partial charge in [-0.05, 0) is 48.6 Å². The minimum absolute atomic E-state index is 0.00108.